The summed E-state index contributed by atoms with van der Waals surface area (Å²) in [6.45, 7) is 5.52. The fourth-order valence-electron chi connectivity index (χ4n) is 0.833. The summed E-state index contributed by atoms with van der Waals surface area (Å²) < 4.78 is 0. The largest absolute Gasteiger partial charge is 0.302 e. The molecule has 2 heteroatoms. The molecule has 2 N–H and O–H groups in total. The fourth-order valence-corrected chi connectivity index (χ4v) is 0.833. The van der Waals surface area contributed by atoms with Crippen molar-refractivity contribution in [2.24, 2.45) is 0 Å². The summed E-state index contributed by atoms with van der Waals surface area (Å²) in [5, 5.41) is 6.63. The highest BCUT2D eigenvalue weighted by molar-refractivity contribution is 4.75. The third-order valence-electron chi connectivity index (χ3n) is 1.36. The zero-order valence-electron chi connectivity index (χ0n) is 5.57. The Morgan fingerprint density at radius 2 is 2.25 bits per heavy atom. The zero-order valence-corrected chi connectivity index (χ0v) is 5.57. The van der Waals surface area contributed by atoms with Crippen LogP contribution in [-0.4, -0.2) is 18.8 Å². The van der Waals surface area contributed by atoms with E-state index in [9.17, 15) is 0 Å². The Morgan fingerprint density at radius 3 is 2.38 bits per heavy atom. The van der Waals surface area contributed by atoms with E-state index in [1.165, 1.54) is 13.0 Å². The summed E-state index contributed by atoms with van der Waals surface area (Å²) >= 11 is 0. The second-order valence-electron chi connectivity index (χ2n) is 2.62. The second-order valence-corrected chi connectivity index (χ2v) is 2.62. The van der Waals surface area contributed by atoms with Crippen LogP contribution in [0.3, 0.4) is 0 Å². The van der Waals surface area contributed by atoms with Crippen LogP contribution >= 0.6 is 0 Å². The van der Waals surface area contributed by atoms with Gasteiger partial charge in [-0.25, -0.2) is 0 Å². The van der Waals surface area contributed by atoms with Gasteiger partial charge in [0.05, 0.1) is 6.17 Å². The lowest BCUT2D eigenvalue weighted by atomic mass is 10.2. The van der Waals surface area contributed by atoms with E-state index in [-0.39, 0.29) is 0 Å². The van der Waals surface area contributed by atoms with Crippen molar-refractivity contribution in [2.45, 2.75) is 32.5 Å². The first-order valence-corrected chi connectivity index (χ1v) is 3.28. The summed E-state index contributed by atoms with van der Waals surface area (Å²) in [4.78, 5) is 0. The Kier molecular flexibility index (Phi) is 1.86. The van der Waals surface area contributed by atoms with Crippen LogP contribution in [0.2, 0.25) is 0 Å². The maximum Gasteiger partial charge on any atom is 0.0585 e. The van der Waals surface area contributed by atoms with Gasteiger partial charge in [0, 0.05) is 6.04 Å². The van der Waals surface area contributed by atoms with Crippen LogP contribution in [-0.2, 0) is 0 Å². The Hall–Kier alpha value is -0.0800. The molecule has 0 spiro atoms. The van der Waals surface area contributed by atoms with E-state index in [1.54, 1.807) is 0 Å². The molecule has 0 radical (unpaired) electrons. The van der Waals surface area contributed by atoms with Gasteiger partial charge in [-0.05, 0) is 26.8 Å². The van der Waals surface area contributed by atoms with Crippen LogP contribution in [0, 0.1) is 0 Å². The van der Waals surface area contributed by atoms with Crippen molar-refractivity contribution in [3.8, 4) is 0 Å². The Bertz CT molecular complexity index is 66.9. The monoisotopic (exact) mass is 114 g/mol. The predicted molar refractivity (Wildman–Crippen MR) is 34.7 cm³/mol. The van der Waals surface area contributed by atoms with Crippen LogP contribution < -0.4 is 10.6 Å². The van der Waals surface area contributed by atoms with Gasteiger partial charge in [-0.2, -0.15) is 0 Å². The van der Waals surface area contributed by atoms with Gasteiger partial charge in [-0.15, -0.1) is 0 Å². The first kappa shape index (κ1) is 6.05. The van der Waals surface area contributed by atoms with Gasteiger partial charge < -0.3 is 5.32 Å². The third kappa shape index (κ3) is 1.46. The standard InChI is InChI=1S/C6H14N2/c1-5(2)8-6-3-4-7-6/h5-8H,3-4H2,1-2H3/t6-/m1/s1. The molecule has 8 heavy (non-hydrogen) atoms. The number of hydrogen-bond acceptors (Lipinski definition) is 2. The topological polar surface area (TPSA) is 24.1 Å². The lowest BCUT2D eigenvalue weighted by Crippen LogP contribution is -2.54. The summed E-state index contributed by atoms with van der Waals surface area (Å²) in [5.74, 6) is 0. The highest BCUT2D eigenvalue weighted by Crippen LogP contribution is 1.97. The molecule has 0 bridgehead atoms. The average molecular weight is 114 g/mol. The van der Waals surface area contributed by atoms with E-state index in [0.717, 1.165) is 0 Å². The van der Waals surface area contributed by atoms with Gasteiger partial charge in [0.25, 0.3) is 0 Å². The molecule has 1 aliphatic heterocycles. The normalized spacial score (nSPS) is 28.1. The van der Waals surface area contributed by atoms with E-state index in [0.29, 0.717) is 12.2 Å². The molecule has 1 saturated heterocycles. The average Bonchev–Trinajstić information content (AvgIpc) is 1.55. The predicted octanol–water partition coefficient (Wildman–Crippen LogP) is 0.304. The maximum atomic E-state index is 3.37. The van der Waals surface area contributed by atoms with Crippen molar-refractivity contribution in [3.63, 3.8) is 0 Å². The molecule has 0 aromatic carbocycles. The van der Waals surface area contributed by atoms with Crippen molar-refractivity contribution in [1.29, 1.82) is 0 Å². The van der Waals surface area contributed by atoms with E-state index < -0.39 is 0 Å². The smallest absolute Gasteiger partial charge is 0.0585 e. The van der Waals surface area contributed by atoms with Gasteiger partial charge in [0.2, 0.25) is 0 Å². The Morgan fingerprint density at radius 1 is 1.62 bits per heavy atom. The van der Waals surface area contributed by atoms with E-state index in [1.807, 2.05) is 0 Å². The van der Waals surface area contributed by atoms with Crippen molar-refractivity contribution in [1.82, 2.24) is 10.6 Å². The fraction of sp³-hybridized carbons (Fsp3) is 1.00. The highest BCUT2D eigenvalue weighted by Gasteiger charge is 2.15. The highest BCUT2D eigenvalue weighted by atomic mass is 15.2. The first-order valence-electron chi connectivity index (χ1n) is 3.28. The van der Waals surface area contributed by atoms with Crippen molar-refractivity contribution in [2.75, 3.05) is 6.54 Å². The first-order chi connectivity index (χ1) is 3.79. The van der Waals surface area contributed by atoms with E-state index in [2.05, 4.69) is 24.5 Å². The van der Waals surface area contributed by atoms with E-state index in [4.69, 9.17) is 0 Å². The molecule has 0 aliphatic carbocycles. The molecule has 1 atom stereocenters. The Balaban J connectivity index is 2.01. The van der Waals surface area contributed by atoms with Crippen LogP contribution in [0.5, 0.6) is 0 Å². The summed E-state index contributed by atoms with van der Waals surface area (Å²) in [7, 11) is 0. The van der Waals surface area contributed by atoms with Gasteiger partial charge in [0.15, 0.2) is 0 Å². The molecule has 0 amide bonds. The molecule has 1 rings (SSSR count). The van der Waals surface area contributed by atoms with Gasteiger partial charge >= 0.3 is 0 Å². The maximum absolute atomic E-state index is 3.37. The molecular formula is C6H14N2. The van der Waals surface area contributed by atoms with E-state index >= 15 is 0 Å². The van der Waals surface area contributed by atoms with Crippen LogP contribution in [0.15, 0.2) is 0 Å². The zero-order chi connectivity index (χ0) is 5.98. The minimum absolute atomic E-state index is 0.606. The van der Waals surface area contributed by atoms with Crippen molar-refractivity contribution in [3.05, 3.63) is 0 Å². The minimum Gasteiger partial charge on any atom is -0.302 e. The van der Waals surface area contributed by atoms with Crippen LogP contribution in [0.1, 0.15) is 20.3 Å². The van der Waals surface area contributed by atoms with Crippen molar-refractivity contribution >= 4 is 0 Å². The number of hydrogen-bond donors (Lipinski definition) is 2. The lowest BCUT2D eigenvalue weighted by Gasteiger charge is -2.30. The van der Waals surface area contributed by atoms with Gasteiger partial charge in [0.1, 0.15) is 0 Å². The summed E-state index contributed by atoms with van der Waals surface area (Å²) in [6, 6.07) is 0.618. The van der Waals surface area contributed by atoms with Crippen molar-refractivity contribution < 1.29 is 0 Å². The van der Waals surface area contributed by atoms with Crippen LogP contribution in [0.25, 0.3) is 0 Å². The Labute approximate surface area is 50.7 Å². The number of nitrogens with one attached hydrogen (secondary N) is 2. The third-order valence-corrected chi connectivity index (χ3v) is 1.36. The molecular weight excluding hydrogens is 100 g/mol. The summed E-state index contributed by atoms with van der Waals surface area (Å²) in [6.07, 6.45) is 1.90. The molecule has 0 unspecified atom stereocenters. The molecule has 1 aliphatic rings. The SMILES string of the molecule is CC(C)N[C@@H]1CCN1. The second kappa shape index (κ2) is 2.46. The molecule has 0 aromatic rings. The molecule has 2 nitrogen and oxygen atoms in total. The molecule has 1 fully saturated rings. The minimum atomic E-state index is 0.606. The lowest BCUT2D eigenvalue weighted by molar-refractivity contribution is 0.290. The van der Waals surface area contributed by atoms with Gasteiger partial charge in [-0.1, -0.05) is 0 Å². The molecule has 0 saturated carbocycles. The van der Waals surface area contributed by atoms with Gasteiger partial charge in [-0.3, -0.25) is 5.32 Å². The van der Waals surface area contributed by atoms with Crippen LogP contribution in [0.4, 0.5) is 0 Å². The number of rotatable bonds is 2. The molecule has 1 heterocycles. The quantitative estimate of drug-likeness (QED) is 0.539. The summed E-state index contributed by atoms with van der Waals surface area (Å²) in [5.41, 5.74) is 0. The molecule has 48 valence electrons. The molecule has 0 aromatic heterocycles.